The van der Waals surface area contributed by atoms with Crippen LogP contribution in [0.2, 0.25) is 0 Å². The number of anilines is 1. The fraction of sp³-hybridized carbons (Fsp3) is 0.0833. The molecule has 6 heteroatoms. The summed E-state index contributed by atoms with van der Waals surface area (Å²) in [6, 6.07) is 7.41. The number of nitrogens with zero attached hydrogens (tertiary/aromatic N) is 2. The summed E-state index contributed by atoms with van der Waals surface area (Å²) in [6.07, 6.45) is 3.17. The second-order valence-corrected chi connectivity index (χ2v) is 4.17. The Labute approximate surface area is 108 Å². The number of carbonyl (C=O) groups is 1. The van der Waals surface area contributed by atoms with Crippen LogP contribution in [-0.2, 0) is 4.79 Å². The Morgan fingerprint density at radius 2 is 2.17 bits per heavy atom. The first kappa shape index (κ1) is 12.3. The van der Waals surface area contributed by atoms with Crippen LogP contribution in [0.15, 0.2) is 35.9 Å². The van der Waals surface area contributed by atoms with E-state index in [1.54, 1.807) is 18.7 Å². The number of benzene rings is 1. The van der Waals surface area contributed by atoms with Gasteiger partial charge in [-0.2, -0.15) is 0 Å². The lowest BCUT2D eigenvalue weighted by Crippen LogP contribution is -2.07. The minimum Gasteiger partial charge on any atom is -0.497 e. The molecule has 0 atom stereocenters. The number of amides is 1. The topological polar surface area (TPSA) is 64.1 Å². The van der Waals surface area contributed by atoms with Crippen molar-refractivity contribution in [2.45, 2.75) is 0 Å². The van der Waals surface area contributed by atoms with Crippen molar-refractivity contribution in [1.29, 1.82) is 0 Å². The first-order valence-electron chi connectivity index (χ1n) is 5.17. The van der Waals surface area contributed by atoms with E-state index in [2.05, 4.69) is 15.5 Å². The van der Waals surface area contributed by atoms with Gasteiger partial charge in [-0.3, -0.25) is 10.1 Å². The molecule has 1 aromatic carbocycles. The molecule has 92 valence electrons. The molecule has 0 fully saturated rings. The Morgan fingerprint density at radius 1 is 1.39 bits per heavy atom. The number of carbonyl (C=O) groups excluding carboxylic acids is 1. The molecule has 0 unspecified atom stereocenters. The summed E-state index contributed by atoms with van der Waals surface area (Å²) in [5.41, 5.74) is 2.48. The van der Waals surface area contributed by atoms with E-state index in [-0.39, 0.29) is 5.91 Å². The molecule has 0 bridgehead atoms. The van der Waals surface area contributed by atoms with Gasteiger partial charge in [-0.1, -0.05) is 23.5 Å². The van der Waals surface area contributed by atoms with Gasteiger partial charge in [-0.15, -0.1) is 10.2 Å². The van der Waals surface area contributed by atoms with Crippen molar-refractivity contribution in [3.8, 4) is 5.75 Å². The molecule has 0 spiro atoms. The van der Waals surface area contributed by atoms with Gasteiger partial charge >= 0.3 is 0 Å². The van der Waals surface area contributed by atoms with Crippen LogP contribution in [0.5, 0.6) is 5.75 Å². The second kappa shape index (κ2) is 5.92. The first-order chi connectivity index (χ1) is 8.78. The molecule has 5 nitrogen and oxygen atoms in total. The highest BCUT2D eigenvalue weighted by Crippen LogP contribution is 2.12. The Balaban J connectivity index is 1.95. The van der Waals surface area contributed by atoms with Crippen molar-refractivity contribution in [1.82, 2.24) is 10.2 Å². The highest BCUT2D eigenvalue weighted by atomic mass is 32.1. The smallest absolute Gasteiger partial charge is 0.250 e. The van der Waals surface area contributed by atoms with Gasteiger partial charge in [0.25, 0.3) is 0 Å². The molecule has 0 saturated heterocycles. The third-order valence-corrected chi connectivity index (χ3v) is 2.74. The quantitative estimate of drug-likeness (QED) is 0.857. The first-order valence-corrected chi connectivity index (χ1v) is 6.05. The number of hydrogen-bond acceptors (Lipinski definition) is 5. The van der Waals surface area contributed by atoms with E-state index in [4.69, 9.17) is 4.74 Å². The van der Waals surface area contributed by atoms with Gasteiger partial charge in [-0.05, 0) is 23.8 Å². The minimum absolute atomic E-state index is 0.234. The van der Waals surface area contributed by atoms with Crippen molar-refractivity contribution >= 4 is 28.5 Å². The Hall–Kier alpha value is -2.21. The SMILES string of the molecule is COc1ccc(C=CC(=O)Nc2nncs2)cc1. The summed E-state index contributed by atoms with van der Waals surface area (Å²) in [4.78, 5) is 11.5. The van der Waals surface area contributed by atoms with E-state index >= 15 is 0 Å². The standard InChI is InChI=1S/C12H11N3O2S/c1-17-10-5-2-9(3-6-10)4-7-11(16)14-12-15-13-8-18-12/h2-8H,1H3,(H,14,15,16). The monoisotopic (exact) mass is 261 g/mol. The molecule has 0 aliphatic rings. The van der Waals surface area contributed by atoms with Crippen molar-refractivity contribution in [2.75, 3.05) is 12.4 Å². The van der Waals surface area contributed by atoms with Crippen LogP contribution in [0.25, 0.3) is 6.08 Å². The number of aromatic nitrogens is 2. The summed E-state index contributed by atoms with van der Waals surface area (Å²) < 4.78 is 5.05. The van der Waals surface area contributed by atoms with Gasteiger partial charge in [-0.25, -0.2) is 0 Å². The fourth-order valence-corrected chi connectivity index (χ4v) is 1.71. The lowest BCUT2D eigenvalue weighted by Gasteiger charge is -1.99. The maximum Gasteiger partial charge on any atom is 0.250 e. The second-order valence-electron chi connectivity index (χ2n) is 3.34. The van der Waals surface area contributed by atoms with Crippen molar-refractivity contribution in [2.24, 2.45) is 0 Å². The largest absolute Gasteiger partial charge is 0.497 e. The van der Waals surface area contributed by atoms with Crippen LogP contribution in [0.4, 0.5) is 5.13 Å². The maximum absolute atomic E-state index is 11.5. The Bertz CT molecular complexity index is 535. The molecule has 1 heterocycles. The van der Waals surface area contributed by atoms with Crippen LogP contribution in [-0.4, -0.2) is 23.2 Å². The summed E-state index contributed by atoms with van der Waals surface area (Å²) in [7, 11) is 1.61. The van der Waals surface area contributed by atoms with E-state index in [0.29, 0.717) is 5.13 Å². The zero-order valence-corrected chi connectivity index (χ0v) is 10.5. The van der Waals surface area contributed by atoms with Crippen LogP contribution < -0.4 is 10.1 Å². The summed E-state index contributed by atoms with van der Waals surface area (Å²) in [5, 5.41) is 10.4. The van der Waals surface area contributed by atoms with Gasteiger partial charge in [0.2, 0.25) is 11.0 Å². The van der Waals surface area contributed by atoms with E-state index in [1.165, 1.54) is 17.4 Å². The molecule has 1 amide bonds. The van der Waals surface area contributed by atoms with E-state index in [1.807, 2.05) is 24.3 Å². The zero-order valence-electron chi connectivity index (χ0n) is 9.66. The predicted octanol–water partition coefficient (Wildman–Crippen LogP) is 2.20. The average Bonchev–Trinajstić information content (AvgIpc) is 2.90. The van der Waals surface area contributed by atoms with Gasteiger partial charge in [0, 0.05) is 6.08 Å². The van der Waals surface area contributed by atoms with Gasteiger partial charge in [0.05, 0.1) is 7.11 Å². The molecule has 18 heavy (non-hydrogen) atoms. The summed E-state index contributed by atoms with van der Waals surface area (Å²) in [5.74, 6) is 0.549. The van der Waals surface area contributed by atoms with E-state index in [0.717, 1.165) is 11.3 Å². The summed E-state index contributed by atoms with van der Waals surface area (Å²) in [6.45, 7) is 0. The Morgan fingerprint density at radius 3 is 2.78 bits per heavy atom. The van der Waals surface area contributed by atoms with E-state index in [9.17, 15) is 4.79 Å². The lowest BCUT2D eigenvalue weighted by atomic mass is 10.2. The van der Waals surface area contributed by atoms with E-state index < -0.39 is 0 Å². The average molecular weight is 261 g/mol. The molecule has 1 aromatic heterocycles. The van der Waals surface area contributed by atoms with Gasteiger partial charge in [0.1, 0.15) is 11.3 Å². The highest BCUT2D eigenvalue weighted by Gasteiger charge is 2.00. The molecule has 2 rings (SSSR count). The molecule has 0 aliphatic heterocycles. The predicted molar refractivity (Wildman–Crippen MR) is 70.6 cm³/mol. The van der Waals surface area contributed by atoms with Crippen molar-refractivity contribution in [3.63, 3.8) is 0 Å². The summed E-state index contributed by atoms with van der Waals surface area (Å²) >= 11 is 1.27. The molecule has 0 aliphatic carbocycles. The Kier molecular flexibility index (Phi) is 4.03. The lowest BCUT2D eigenvalue weighted by molar-refractivity contribution is -0.111. The van der Waals surface area contributed by atoms with Crippen molar-refractivity contribution in [3.05, 3.63) is 41.4 Å². The molecule has 0 saturated carbocycles. The van der Waals surface area contributed by atoms with Gasteiger partial charge in [0.15, 0.2) is 0 Å². The van der Waals surface area contributed by atoms with Crippen LogP contribution in [0.1, 0.15) is 5.56 Å². The molecular weight excluding hydrogens is 250 g/mol. The van der Waals surface area contributed by atoms with Crippen LogP contribution in [0.3, 0.4) is 0 Å². The van der Waals surface area contributed by atoms with Gasteiger partial charge < -0.3 is 4.74 Å². The maximum atomic E-state index is 11.5. The third-order valence-electron chi connectivity index (χ3n) is 2.13. The highest BCUT2D eigenvalue weighted by molar-refractivity contribution is 7.13. The fourth-order valence-electron chi connectivity index (χ4n) is 1.26. The number of hydrogen-bond donors (Lipinski definition) is 1. The molecule has 0 radical (unpaired) electrons. The molecule has 1 N–H and O–H groups in total. The molecule has 2 aromatic rings. The van der Waals surface area contributed by atoms with Crippen LogP contribution in [0, 0.1) is 0 Å². The number of methoxy groups -OCH3 is 1. The normalized spacial score (nSPS) is 10.5. The number of rotatable bonds is 4. The number of nitrogens with one attached hydrogen (secondary N) is 1. The van der Waals surface area contributed by atoms with Crippen molar-refractivity contribution < 1.29 is 9.53 Å². The number of ether oxygens (including phenoxy) is 1. The third kappa shape index (κ3) is 3.39. The zero-order chi connectivity index (χ0) is 12.8. The molecular formula is C12H11N3O2S. The minimum atomic E-state index is -0.234. The van der Waals surface area contributed by atoms with Crippen LogP contribution >= 0.6 is 11.3 Å².